The molecule has 0 unspecified atom stereocenters. The number of hydrogen-bond donors (Lipinski definition) is 1. The Labute approximate surface area is 109 Å². The fourth-order valence-corrected chi connectivity index (χ4v) is 2.26. The van der Waals surface area contributed by atoms with Crippen LogP contribution in [0, 0.1) is 0 Å². The monoisotopic (exact) mass is 298 g/mol. The molecule has 0 saturated carbocycles. The van der Waals surface area contributed by atoms with Crippen LogP contribution in [0.3, 0.4) is 0 Å². The second-order valence-electron chi connectivity index (χ2n) is 4.15. The number of morpholine rings is 1. The van der Waals surface area contributed by atoms with Crippen LogP contribution in [0.1, 0.15) is 17.3 Å². The lowest BCUT2D eigenvalue weighted by molar-refractivity contribution is 0.00365. The minimum absolute atomic E-state index is 0.0281. The highest BCUT2D eigenvalue weighted by atomic mass is 79.9. The predicted molar refractivity (Wildman–Crippen MR) is 69.9 cm³/mol. The number of ether oxygens (including phenoxy) is 1. The number of carbonyl (C=O) groups is 1. The molecule has 0 spiro atoms. The van der Waals surface area contributed by atoms with Gasteiger partial charge in [0.1, 0.15) is 0 Å². The van der Waals surface area contributed by atoms with Gasteiger partial charge in [0.05, 0.1) is 24.8 Å². The fourth-order valence-electron chi connectivity index (χ4n) is 1.90. The molecule has 5 heteroatoms. The quantitative estimate of drug-likeness (QED) is 0.806. The molecule has 1 atom stereocenters. The average Bonchev–Trinajstić information content (AvgIpc) is 2.32. The van der Waals surface area contributed by atoms with E-state index >= 15 is 0 Å². The molecule has 0 aliphatic carbocycles. The van der Waals surface area contributed by atoms with Gasteiger partial charge in [-0.2, -0.15) is 0 Å². The molecular weight excluding hydrogens is 284 g/mol. The molecule has 92 valence electrons. The van der Waals surface area contributed by atoms with Crippen LogP contribution in [0.4, 0.5) is 5.69 Å². The van der Waals surface area contributed by atoms with E-state index in [0.717, 1.165) is 4.47 Å². The van der Waals surface area contributed by atoms with Gasteiger partial charge in [0.15, 0.2) is 0 Å². The summed E-state index contributed by atoms with van der Waals surface area (Å²) in [4.78, 5) is 14.2. The highest BCUT2D eigenvalue weighted by molar-refractivity contribution is 9.10. The van der Waals surface area contributed by atoms with Gasteiger partial charge in [-0.15, -0.1) is 0 Å². The van der Waals surface area contributed by atoms with Crippen molar-refractivity contribution in [3.8, 4) is 0 Å². The zero-order valence-corrected chi connectivity index (χ0v) is 11.2. The molecule has 2 N–H and O–H groups in total. The average molecular weight is 299 g/mol. The van der Waals surface area contributed by atoms with Crippen LogP contribution in [0.2, 0.25) is 0 Å². The Morgan fingerprint density at radius 3 is 3.06 bits per heavy atom. The van der Waals surface area contributed by atoms with Crippen LogP contribution >= 0.6 is 15.9 Å². The van der Waals surface area contributed by atoms with E-state index in [0.29, 0.717) is 31.0 Å². The van der Waals surface area contributed by atoms with E-state index in [9.17, 15) is 4.79 Å². The van der Waals surface area contributed by atoms with E-state index < -0.39 is 0 Å². The number of anilines is 1. The number of rotatable bonds is 1. The van der Waals surface area contributed by atoms with Gasteiger partial charge in [-0.3, -0.25) is 4.79 Å². The Morgan fingerprint density at radius 1 is 1.59 bits per heavy atom. The summed E-state index contributed by atoms with van der Waals surface area (Å²) in [6.45, 7) is 3.76. The summed E-state index contributed by atoms with van der Waals surface area (Å²) in [6, 6.07) is 5.42. The van der Waals surface area contributed by atoms with E-state index in [1.807, 2.05) is 17.9 Å². The molecule has 1 aromatic carbocycles. The summed E-state index contributed by atoms with van der Waals surface area (Å²) in [6.07, 6.45) is 0. The normalized spacial score (nSPS) is 20.4. The summed E-state index contributed by atoms with van der Waals surface area (Å²) >= 11 is 3.35. The number of benzene rings is 1. The molecule has 1 aliphatic rings. The van der Waals surface area contributed by atoms with Gasteiger partial charge < -0.3 is 15.4 Å². The smallest absolute Gasteiger partial charge is 0.256 e. The van der Waals surface area contributed by atoms with Crippen LogP contribution in [0.5, 0.6) is 0 Å². The van der Waals surface area contributed by atoms with Gasteiger partial charge in [0.2, 0.25) is 0 Å². The molecule has 1 heterocycles. The maximum absolute atomic E-state index is 12.4. The van der Waals surface area contributed by atoms with E-state index in [-0.39, 0.29) is 11.9 Å². The van der Waals surface area contributed by atoms with Crippen molar-refractivity contribution in [3.05, 3.63) is 28.2 Å². The molecule has 1 fully saturated rings. The molecule has 4 nitrogen and oxygen atoms in total. The maximum atomic E-state index is 12.4. The molecule has 0 bridgehead atoms. The van der Waals surface area contributed by atoms with Gasteiger partial charge in [-0.1, -0.05) is 15.9 Å². The number of nitrogens with zero attached hydrogens (tertiary/aromatic N) is 1. The van der Waals surface area contributed by atoms with Gasteiger partial charge in [0.25, 0.3) is 5.91 Å². The molecule has 1 amide bonds. The van der Waals surface area contributed by atoms with E-state index in [4.69, 9.17) is 10.5 Å². The van der Waals surface area contributed by atoms with Crippen LogP contribution in [0.15, 0.2) is 22.7 Å². The summed E-state index contributed by atoms with van der Waals surface area (Å²) in [5.41, 5.74) is 6.90. The van der Waals surface area contributed by atoms with Crippen molar-refractivity contribution < 1.29 is 9.53 Å². The van der Waals surface area contributed by atoms with E-state index in [1.165, 1.54) is 0 Å². The summed E-state index contributed by atoms with van der Waals surface area (Å²) in [7, 11) is 0. The lowest BCUT2D eigenvalue weighted by atomic mass is 10.1. The van der Waals surface area contributed by atoms with Crippen LogP contribution in [0.25, 0.3) is 0 Å². The van der Waals surface area contributed by atoms with Crippen molar-refractivity contribution in [1.29, 1.82) is 0 Å². The molecule has 0 radical (unpaired) electrons. The van der Waals surface area contributed by atoms with Crippen molar-refractivity contribution in [2.45, 2.75) is 13.0 Å². The third kappa shape index (κ3) is 2.61. The third-order valence-corrected chi connectivity index (χ3v) is 3.37. The first-order valence-electron chi connectivity index (χ1n) is 5.53. The summed E-state index contributed by atoms with van der Waals surface area (Å²) in [5.74, 6) is -0.0281. The topological polar surface area (TPSA) is 55.6 Å². The zero-order chi connectivity index (χ0) is 12.4. The highest BCUT2D eigenvalue weighted by Gasteiger charge is 2.25. The van der Waals surface area contributed by atoms with Gasteiger partial charge in [0, 0.05) is 16.7 Å². The first-order valence-corrected chi connectivity index (χ1v) is 6.32. The van der Waals surface area contributed by atoms with Crippen LogP contribution < -0.4 is 5.73 Å². The van der Waals surface area contributed by atoms with E-state index in [2.05, 4.69) is 15.9 Å². The number of nitrogens with two attached hydrogens (primary N) is 1. The second kappa shape index (κ2) is 5.06. The summed E-state index contributed by atoms with van der Waals surface area (Å²) in [5, 5.41) is 0. The Kier molecular flexibility index (Phi) is 3.69. The first-order chi connectivity index (χ1) is 8.09. The minimum Gasteiger partial charge on any atom is -0.398 e. The van der Waals surface area contributed by atoms with Gasteiger partial charge in [-0.25, -0.2) is 0 Å². The van der Waals surface area contributed by atoms with Crippen LogP contribution in [-0.4, -0.2) is 36.6 Å². The molecular formula is C12H15BrN2O2. The molecule has 1 aromatic rings. The minimum atomic E-state index is -0.0281. The molecule has 1 saturated heterocycles. The Bertz CT molecular complexity index is 437. The largest absolute Gasteiger partial charge is 0.398 e. The Hall–Kier alpha value is -1.07. The number of hydrogen-bond acceptors (Lipinski definition) is 3. The third-order valence-electron chi connectivity index (χ3n) is 2.87. The van der Waals surface area contributed by atoms with Crippen molar-refractivity contribution in [3.63, 3.8) is 0 Å². The van der Waals surface area contributed by atoms with Crippen molar-refractivity contribution in [2.75, 3.05) is 25.5 Å². The first kappa shape index (κ1) is 12.4. The lowest BCUT2D eigenvalue weighted by Gasteiger charge is -2.33. The van der Waals surface area contributed by atoms with Gasteiger partial charge in [-0.05, 0) is 25.1 Å². The Balaban J connectivity index is 2.26. The van der Waals surface area contributed by atoms with Crippen molar-refractivity contribution >= 4 is 27.5 Å². The second-order valence-corrected chi connectivity index (χ2v) is 5.07. The van der Waals surface area contributed by atoms with E-state index in [1.54, 1.807) is 12.1 Å². The SMILES string of the molecule is C[C@@H]1COCCN1C(=O)c1cc(Br)ccc1N. The fraction of sp³-hybridized carbons (Fsp3) is 0.417. The van der Waals surface area contributed by atoms with Crippen molar-refractivity contribution in [2.24, 2.45) is 0 Å². The standard InChI is InChI=1S/C12H15BrN2O2/c1-8-7-17-5-4-15(8)12(16)10-6-9(13)2-3-11(10)14/h2-3,6,8H,4-5,7,14H2,1H3/t8-/m1/s1. The highest BCUT2D eigenvalue weighted by Crippen LogP contribution is 2.21. The van der Waals surface area contributed by atoms with Gasteiger partial charge >= 0.3 is 0 Å². The zero-order valence-electron chi connectivity index (χ0n) is 9.65. The predicted octanol–water partition coefficient (Wildman–Crippen LogP) is 1.89. The number of carbonyl (C=O) groups excluding carboxylic acids is 1. The lowest BCUT2D eigenvalue weighted by Crippen LogP contribution is -2.47. The molecule has 2 rings (SSSR count). The molecule has 1 aliphatic heterocycles. The maximum Gasteiger partial charge on any atom is 0.256 e. The molecule has 0 aromatic heterocycles. The Morgan fingerprint density at radius 2 is 2.35 bits per heavy atom. The van der Waals surface area contributed by atoms with Crippen molar-refractivity contribution in [1.82, 2.24) is 4.90 Å². The number of amides is 1. The number of nitrogen functional groups attached to an aromatic ring is 1. The molecule has 17 heavy (non-hydrogen) atoms. The van der Waals surface area contributed by atoms with Crippen LogP contribution in [-0.2, 0) is 4.74 Å². The number of halogens is 1. The summed E-state index contributed by atoms with van der Waals surface area (Å²) < 4.78 is 6.17.